The maximum absolute atomic E-state index is 13.1. The van der Waals surface area contributed by atoms with Crippen molar-refractivity contribution in [1.29, 1.82) is 0 Å². The number of aromatic nitrogens is 4. The zero-order chi connectivity index (χ0) is 17.9. The van der Waals surface area contributed by atoms with Crippen LogP contribution in [-0.2, 0) is 0 Å². The Morgan fingerprint density at radius 3 is 3.00 bits per heavy atom. The molecule has 7 nitrogen and oxygen atoms in total. The molecule has 0 radical (unpaired) electrons. The van der Waals surface area contributed by atoms with Gasteiger partial charge >= 0.3 is 0 Å². The minimum absolute atomic E-state index is 0.000727. The summed E-state index contributed by atoms with van der Waals surface area (Å²) in [4.78, 5) is 15.0. The molecule has 3 aromatic rings. The first kappa shape index (κ1) is 16.4. The molecule has 1 amide bonds. The zero-order valence-electron chi connectivity index (χ0n) is 14.6. The largest absolute Gasteiger partial charge is 0.497 e. The highest BCUT2D eigenvalue weighted by atomic mass is 16.5. The van der Waals surface area contributed by atoms with Gasteiger partial charge in [0.15, 0.2) is 0 Å². The highest BCUT2D eigenvalue weighted by molar-refractivity contribution is 5.99. The van der Waals surface area contributed by atoms with Crippen LogP contribution in [0.3, 0.4) is 0 Å². The van der Waals surface area contributed by atoms with Crippen LogP contribution in [-0.4, -0.2) is 51.4 Å². The number of rotatable bonds is 4. The Morgan fingerprint density at radius 2 is 2.19 bits per heavy atom. The number of nitrogens with one attached hydrogen (secondary N) is 2. The molecular weight excluding hydrogens is 330 g/mol. The SMILES string of the molecule is COc1cccc(-c2[nH]ncc2C(=O)N2CCC[C@@H](c3ccn[nH]3)C2)c1. The van der Waals surface area contributed by atoms with Gasteiger partial charge in [0.1, 0.15) is 5.75 Å². The van der Waals surface area contributed by atoms with Crippen LogP contribution in [0.1, 0.15) is 34.8 Å². The summed E-state index contributed by atoms with van der Waals surface area (Å²) in [5.74, 6) is 1.04. The van der Waals surface area contributed by atoms with E-state index in [1.54, 1.807) is 19.5 Å². The van der Waals surface area contributed by atoms with E-state index in [9.17, 15) is 4.79 Å². The number of aromatic amines is 2. The van der Waals surface area contributed by atoms with Gasteiger partial charge in [0.2, 0.25) is 0 Å². The van der Waals surface area contributed by atoms with E-state index < -0.39 is 0 Å². The summed E-state index contributed by atoms with van der Waals surface area (Å²) < 4.78 is 5.29. The molecule has 1 saturated heterocycles. The second kappa shape index (κ2) is 7.03. The van der Waals surface area contributed by atoms with Crippen LogP contribution >= 0.6 is 0 Å². The number of H-pyrrole nitrogens is 2. The fourth-order valence-electron chi connectivity index (χ4n) is 3.53. The molecule has 0 bridgehead atoms. The van der Waals surface area contributed by atoms with Gasteiger partial charge in [0, 0.05) is 36.5 Å². The van der Waals surface area contributed by atoms with Crippen LogP contribution < -0.4 is 4.74 Å². The normalized spacial score (nSPS) is 17.3. The van der Waals surface area contributed by atoms with E-state index in [2.05, 4.69) is 20.4 Å². The summed E-state index contributed by atoms with van der Waals surface area (Å²) in [6, 6.07) is 9.60. The predicted molar refractivity (Wildman–Crippen MR) is 97.0 cm³/mol. The van der Waals surface area contributed by atoms with Crippen molar-refractivity contribution < 1.29 is 9.53 Å². The molecule has 1 aliphatic heterocycles. The number of methoxy groups -OCH3 is 1. The molecule has 2 N–H and O–H groups in total. The van der Waals surface area contributed by atoms with Crippen LogP contribution in [0.5, 0.6) is 5.75 Å². The van der Waals surface area contributed by atoms with Crippen LogP contribution in [0.4, 0.5) is 0 Å². The third-order valence-corrected chi connectivity index (χ3v) is 4.90. The zero-order valence-corrected chi connectivity index (χ0v) is 14.6. The summed E-state index contributed by atoms with van der Waals surface area (Å²) in [7, 11) is 1.63. The fraction of sp³-hybridized carbons (Fsp3) is 0.316. The number of carbonyl (C=O) groups is 1. The van der Waals surface area contributed by atoms with Gasteiger partial charge in [0.05, 0.1) is 24.6 Å². The van der Waals surface area contributed by atoms with Gasteiger partial charge in [-0.15, -0.1) is 0 Å². The lowest BCUT2D eigenvalue weighted by atomic mass is 9.94. The molecule has 0 spiro atoms. The van der Waals surface area contributed by atoms with Crippen LogP contribution in [0.2, 0.25) is 0 Å². The second-order valence-electron chi connectivity index (χ2n) is 6.49. The summed E-state index contributed by atoms with van der Waals surface area (Å²) in [5.41, 5.74) is 3.27. The maximum atomic E-state index is 13.1. The molecule has 26 heavy (non-hydrogen) atoms. The lowest BCUT2D eigenvalue weighted by Crippen LogP contribution is -2.39. The lowest BCUT2D eigenvalue weighted by Gasteiger charge is -2.32. The van der Waals surface area contributed by atoms with Gasteiger partial charge in [0.25, 0.3) is 5.91 Å². The Morgan fingerprint density at radius 1 is 1.27 bits per heavy atom. The number of hydrogen-bond donors (Lipinski definition) is 2. The van der Waals surface area contributed by atoms with Gasteiger partial charge < -0.3 is 9.64 Å². The smallest absolute Gasteiger partial charge is 0.257 e. The van der Waals surface area contributed by atoms with Gasteiger partial charge in [-0.2, -0.15) is 10.2 Å². The van der Waals surface area contributed by atoms with E-state index in [0.29, 0.717) is 18.0 Å². The Balaban J connectivity index is 1.58. The lowest BCUT2D eigenvalue weighted by molar-refractivity contribution is 0.0706. The Hall–Kier alpha value is -3.09. The molecule has 0 saturated carbocycles. The van der Waals surface area contributed by atoms with Crippen LogP contribution in [0.25, 0.3) is 11.3 Å². The molecule has 4 rings (SSSR count). The molecule has 1 aromatic carbocycles. The van der Waals surface area contributed by atoms with E-state index in [1.165, 1.54) is 0 Å². The number of piperidine rings is 1. The van der Waals surface area contributed by atoms with Crippen molar-refractivity contribution in [1.82, 2.24) is 25.3 Å². The molecule has 1 atom stereocenters. The quantitative estimate of drug-likeness (QED) is 0.757. The molecule has 1 fully saturated rings. The molecule has 0 aliphatic carbocycles. The van der Waals surface area contributed by atoms with E-state index in [-0.39, 0.29) is 5.91 Å². The first-order valence-corrected chi connectivity index (χ1v) is 8.72. The molecule has 7 heteroatoms. The molecule has 0 unspecified atom stereocenters. The third-order valence-electron chi connectivity index (χ3n) is 4.90. The minimum atomic E-state index is 0.000727. The van der Waals surface area contributed by atoms with Crippen molar-refractivity contribution in [2.24, 2.45) is 0 Å². The van der Waals surface area contributed by atoms with Crippen molar-refractivity contribution in [3.63, 3.8) is 0 Å². The summed E-state index contributed by atoms with van der Waals surface area (Å²) in [5, 5.41) is 14.1. The Bertz CT molecular complexity index is 887. The van der Waals surface area contributed by atoms with Crippen molar-refractivity contribution in [2.45, 2.75) is 18.8 Å². The van der Waals surface area contributed by atoms with Gasteiger partial charge in [-0.3, -0.25) is 15.0 Å². The first-order chi connectivity index (χ1) is 12.8. The predicted octanol–water partition coefficient (Wildman–Crippen LogP) is 2.83. The molecule has 134 valence electrons. The number of ether oxygens (including phenoxy) is 1. The van der Waals surface area contributed by atoms with Gasteiger partial charge in [-0.25, -0.2) is 0 Å². The average molecular weight is 351 g/mol. The minimum Gasteiger partial charge on any atom is -0.497 e. The monoisotopic (exact) mass is 351 g/mol. The number of benzene rings is 1. The Labute approximate surface area is 151 Å². The topological polar surface area (TPSA) is 86.9 Å². The van der Waals surface area contributed by atoms with Crippen molar-refractivity contribution in [3.05, 3.63) is 54.0 Å². The number of amides is 1. The van der Waals surface area contributed by atoms with Crippen molar-refractivity contribution in [3.8, 4) is 17.0 Å². The number of carbonyl (C=O) groups excluding carboxylic acids is 1. The van der Waals surface area contributed by atoms with Crippen LogP contribution in [0.15, 0.2) is 42.7 Å². The number of hydrogen-bond acceptors (Lipinski definition) is 4. The summed E-state index contributed by atoms with van der Waals surface area (Å²) in [6.07, 6.45) is 5.39. The Kier molecular flexibility index (Phi) is 4.43. The standard InChI is InChI=1S/C19H21N5O2/c1-26-15-6-2-4-13(10-15)18-16(11-21-23-18)19(25)24-9-3-5-14(12-24)17-7-8-20-22-17/h2,4,6-8,10-11,14H,3,5,9,12H2,1H3,(H,20,22)(H,21,23)/t14-/m1/s1. The highest BCUT2D eigenvalue weighted by Crippen LogP contribution is 2.29. The summed E-state index contributed by atoms with van der Waals surface area (Å²) >= 11 is 0. The average Bonchev–Trinajstić information content (AvgIpc) is 3.39. The van der Waals surface area contributed by atoms with E-state index in [4.69, 9.17) is 4.74 Å². The fourth-order valence-corrected chi connectivity index (χ4v) is 3.53. The first-order valence-electron chi connectivity index (χ1n) is 8.72. The van der Waals surface area contributed by atoms with Crippen LogP contribution in [0, 0.1) is 0 Å². The highest BCUT2D eigenvalue weighted by Gasteiger charge is 2.28. The van der Waals surface area contributed by atoms with Gasteiger partial charge in [-0.05, 0) is 31.0 Å². The number of likely N-dealkylation sites (tertiary alicyclic amines) is 1. The van der Waals surface area contributed by atoms with E-state index in [0.717, 1.165) is 42.1 Å². The third kappa shape index (κ3) is 3.08. The van der Waals surface area contributed by atoms with E-state index >= 15 is 0 Å². The maximum Gasteiger partial charge on any atom is 0.257 e. The van der Waals surface area contributed by atoms with Crippen molar-refractivity contribution >= 4 is 5.91 Å². The van der Waals surface area contributed by atoms with Gasteiger partial charge in [-0.1, -0.05) is 12.1 Å². The molecule has 2 aromatic heterocycles. The molecule has 3 heterocycles. The molecular formula is C19H21N5O2. The molecule has 1 aliphatic rings. The summed E-state index contributed by atoms with van der Waals surface area (Å²) in [6.45, 7) is 1.44. The van der Waals surface area contributed by atoms with Crippen molar-refractivity contribution in [2.75, 3.05) is 20.2 Å². The number of nitrogens with zero attached hydrogens (tertiary/aromatic N) is 3. The second-order valence-corrected chi connectivity index (χ2v) is 6.49. The van der Waals surface area contributed by atoms with E-state index in [1.807, 2.05) is 35.2 Å².